The minimum absolute atomic E-state index is 0.0727. The van der Waals surface area contributed by atoms with Crippen molar-refractivity contribution in [1.29, 1.82) is 0 Å². The van der Waals surface area contributed by atoms with Gasteiger partial charge < -0.3 is 4.52 Å². The molecule has 5 rings (SSSR count). The van der Waals surface area contributed by atoms with E-state index in [1.165, 1.54) is 10.7 Å². The van der Waals surface area contributed by atoms with Gasteiger partial charge in [0.25, 0.3) is 12.3 Å². The summed E-state index contributed by atoms with van der Waals surface area (Å²) in [7, 11) is -3.15. The lowest BCUT2D eigenvalue weighted by molar-refractivity contribution is 0.144. The lowest BCUT2D eigenvalue weighted by Crippen LogP contribution is -2.39. The second kappa shape index (κ2) is 6.19. The summed E-state index contributed by atoms with van der Waals surface area (Å²) >= 11 is 0. The average molecular weight is 420 g/mol. The Morgan fingerprint density at radius 2 is 1.97 bits per heavy atom. The Morgan fingerprint density at radius 1 is 1.24 bits per heavy atom. The van der Waals surface area contributed by atoms with Crippen molar-refractivity contribution in [3.8, 4) is 11.6 Å². The van der Waals surface area contributed by atoms with Gasteiger partial charge in [0.2, 0.25) is 0 Å². The third-order valence-electron chi connectivity index (χ3n) is 5.70. The second-order valence-corrected chi connectivity index (χ2v) is 9.90. The summed E-state index contributed by atoms with van der Waals surface area (Å²) in [4.78, 5) is 4.51. The number of hydrogen-bond acceptors (Lipinski definition) is 6. The van der Waals surface area contributed by atoms with Crippen LogP contribution in [0.5, 0.6) is 0 Å². The molecule has 2 aliphatic rings. The number of nitrogens with zero attached hydrogens (tertiary/aromatic N) is 4. The van der Waals surface area contributed by atoms with Crippen molar-refractivity contribution < 1.29 is 21.7 Å². The first-order valence-corrected chi connectivity index (χ1v) is 11.1. The lowest BCUT2D eigenvalue weighted by Gasteiger charge is -2.26. The minimum atomic E-state index is -3.15. The van der Waals surface area contributed by atoms with Crippen LogP contribution in [0.25, 0.3) is 11.6 Å². The normalized spacial score (nSPS) is 20.0. The zero-order valence-corrected chi connectivity index (χ0v) is 16.4. The molecule has 29 heavy (non-hydrogen) atoms. The van der Waals surface area contributed by atoms with E-state index in [4.69, 9.17) is 4.52 Å². The minimum Gasteiger partial charge on any atom is -0.332 e. The molecule has 1 aliphatic carbocycles. The van der Waals surface area contributed by atoms with E-state index in [2.05, 4.69) is 15.2 Å². The van der Waals surface area contributed by atoms with Gasteiger partial charge in [-0.2, -0.15) is 10.1 Å². The zero-order valence-electron chi connectivity index (χ0n) is 15.5. The fourth-order valence-corrected chi connectivity index (χ4v) is 5.36. The predicted molar refractivity (Wildman–Crippen MR) is 99.4 cm³/mol. The number of alkyl halides is 2. The van der Waals surface area contributed by atoms with Crippen molar-refractivity contribution in [1.82, 2.24) is 19.9 Å². The Hall–Kier alpha value is -2.62. The topological polar surface area (TPSA) is 90.9 Å². The maximum Gasteiger partial charge on any atom is 0.282 e. The molecule has 1 saturated carbocycles. The Morgan fingerprint density at radius 3 is 2.59 bits per heavy atom. The summed E-state index contributed by atoms with van der Waals surface area (Å²) in [6.07, 6.45) is -1.03. The Kier molecular flexibility index (Phi) is 3.93. The maximum atomic E-state index is 13.2. The van der Waals surface area contributed by atoms with Gasteiger partial charge in [0.1, 0.15) is 11.4 Å². The molecule has 0 radical (unpaired) electrons. The highest BCUT2D eigenvalue weighted by Gasteiger charge is 2.51. The van der Waals surface area contributed by atoms with E-state index >= 15 is 0 Å². The van der Waals surface area contributed by atoms with Crippen LogP contribution in [0.15, 0.2) is 34.9 Å². The van der Waals surface area contributed by atoms with Crippen molar-refractivity contribution >= 4 is 9.84 Å². The fourth-order valence-electron chi connectivity index (χ4n) is 4.01. The summed E-state index contributed by atoms with van der Waals surface area (Å²) in [6, 6.07) is 8.68. The van der Waals surface area contributed by atoms with Crippen molar-refractivity contribution in [2.24, 2.45) is 0 Å². The molecule has 7 nitrogen and oxygen atoms in total. The van der Waals surface area contributed by atoms with E-state index in [9.17, 15) is 17.2 Å². The molecule has 3 heterocycles. The van der Waals surface area contributed by atoms with E-state index in [-0.39, 0.29) is 28.5 Å². The highest BCUT2D eigenvalue weighted by Crippen LogP contribution is 2.53. The van der Waals surface area contributed by atoms with E-state index in [0.717, 1.165) is 24.0 Å². The summed E-state index contributed by atoms with van der Waals surface area (Å²) in [5.41, 5.74) is 1.70. The average Bonchev–Trinajstić information content (AvgIpc) is 3.11. The molecule has 0 spiro atoms. The Labute approximate surface area is 165 Å². The van der Waals surface area contributed by atoms with Crippen molar-refractivity contribution in [3.63, 3.8) is 0 Å². The molecule has 1 saturated heterocycles. The predicted octanol–water partition coefficient (Wildman–Crippen LogP) is 3.23. The quantitative estimate of drug-likeness (QED) is 0.629. The van der Waals surface area contributed by atoms with Gasteiger partial charge in [-0.25, -0.2) is 17.2 Å². The van der Waals surface area contributed by atoms with Gasteiger partial charge >= 0.3 is 0 Å². The van der Waals surface area contributed by atoms with Crippen molar-refractivity contribution in [3.05, 3.63) is 53.0 Å². The molecule has 10 heteroatoms. The summed E-state index contributed by atoms with van der Waals surface area (Å²) in [5, 5.41) is 8.05. The number of hydrogen-bond donors (Lipinski definition) is 0. The summed E-state index contributed by atoms with van der Waals surface area (Å²) in [6.45, 7) is 2.03. The first-order chi connectivity index (χ1) is 13.8. The first kappa shape index (κ1) is 18.4. The smallest absolute Gasteiger partial charge is 0.282 e. The van der Waals surface area contributed by atoms with Crippen LogP contribution in [-0.2, 0) is 15.3 Å². The van der Waals surface area contributed by atoms with E-state index in [1.54, 1.807) is 0 Å². The third-order valence-corrected chi connectivity index (χ3v) is 7.49. The van der Waals surface area contributed by atoms with Crippen LogP contribution in [0.1, 0.15) is 48.0 Å². The van der Waals surface area contributed by atoms with Gasteiger partial charge in [0.15, 0.2) is 15.7 Å². The molecule has 1 aliphatic heterocycles. The Balaban J connectivity index is 1.54. The number of aryl methyl sites for hydroxylation is 1. The monoisotopic (exact) mass is 420 g/mol. The van der Waals surface area contributed by atoms with Crippen LogP contribution in [0.3, 0.4) is 0 Å². The molecule has 0 atom stereocenters. The van der Waals surface area contributed by atoms with E-state index in [0.29, 0.717) is 5.82 Å². The van der Waals surface area contributed by atoms with Crippen LogP contribution < -0.4 is 0 Å². The summed E-state index contributed by atoms with van der Waals surface area (Å²) in [5.74, 6) is 0.301. The third kappa shape index (κ3) is 2.97. The van der Waals surface area contributed by atoms with Gasteiger partial charge in [-0.3, -0.25) is 4.68 Å². The van der Waals surface area contributed by atoms with Crippen LogP contribution >= 0.6 is 0 Å². The van der Waals surface area contributed by atoms with Gasteiger partial charge in [-0.1, -0.05) is 29.4 Å². The number of aromatic nitrogens is 4. The lowest BCUT2D eigenvalue weighted by atomic mass is 9.91. The van der Waals surface area contributed by atoms with Gasteiger partial charge in [-0.15, -0.1) is 0 Å². The molecular formula is C19H18F2N4O3S. The fraction of sp³-hybridized carbons (Fsp3) is 0.421. The molecule has 0 bridgehead atoms. The zero-order chi connectivity index (χ0) is 20.4. The number of benzene rings is 1. The van der Waals surface area contributed by atoms with Gasteiger partial charge in [0, 0.05) is 0 Å². The molecule has 152 valence electrons. The van der Waals surface area contributed by atoms with Crippen molar-refractivity contribution in [2.45, 2.75) is 37.6 Å². The van der Waals surface area contributed by atoms with E-state index in [1.807, 2.05) is 31.2 Å². The Bertz CT molecular complexity index is 1190. The molecule has 0 amide bonds. The highest BCUT2D eigenvalue weighted by atomic mass is 32.2. The van der Waals surface area contributed by atoms with Gasteiger partial charge in [0.05, 0.1) is 23.0 Å². The first-order valence-electron chi connectivity index (χ1n) is 9.28. The molecule has 2 aromatic heterocycles. The van der Waals surface area contributed by atoms with Crippen LogP contribution in [0.2, 0.25) is 0 Å². The standard InChI is InChI=1S/C19H18F2N4O3S/c1-11-4-2-3-5-13(11)19(6-7-19)18-22-17(28-24-18)15-8-14(16(20)21)23-25(15)12-9-29(26,27)10-12/h2-5,8,12,16H,6-7,9-10H2,1H3. The molecule has 0 unspecified atom stereocenters. The number of rotatable bonds is 5. The molecular weight excluding hydrogens is 402 g/mol. The maximum absolute atomic E-state index is 13.2. The second-order valence-electron chi connectivity index (χ2n) is 7.75. The van der Waals surface area contributed by atoms with Crippen LogP contribution in [0.4, 0.5) is 8.78 Å². The van der Waals surface area contributed by atoms with Crippen LogP contribution in [0, 0.1) is 6.92 Å². The van der Waals surface area contributed by atoms with Crippen LogP contribution in [-0.4, -0.2) is 39.8 Å². The highest BCUT2D eigenvalue weighted by molar-refractivity contribution is 7.92. The molecule has 1 aromatic carbocycles. The van der Waals surface area contributed by atoms with Crippen molar-refractivity contribution in [2.75, 3.05) is 11.5 Å². The summed E-state index contributed by atoms with van der Waals surface area (Å²) < 4.78 is 56.3. The molecule has 0 N–H and O–H groups in total. The van der Waals surface area contributed by atoms with Gasteiger partial charge in [-0.05, 0) is 37.0 Å². The number of halogens is 2. The number of sulfone groups is 1. The van der Waals surface area contributed by atoms with E-state index < -0.39 is 28.0 Å². The SMILES string of the molecule is Cc1ccccc1C1(c2noc(-c3cc(C(F)F)nn3C3CS(=O)(=O)C3)n2)CC1. The largest absolute Gasteiger partial charge is 0.332 e. The molecule has 3 aromatic rings. The molecule has 2 fully saturated rings.